The first kappa shape index (κ1) is 28.7. The Morgan fingerprint density at radius 1 is 0.976 bits per heavy atom. The zero-order valence-corrected chi connectivity index (χ0v) is 24.3. The first-order valence-electron chi connectivity index (χ1n) is 12.5. The summed E-state index contributed by atoms with van der Waals surface area (Å²) in [5, 5.41) is 6.74. The number of hydrogen-bond acceptors (Lipinski definition) is 11. The highest BCUT2D eigenvalue weighted by Gasteiger charge is 2.36. The van der Waals surface area contributed by atoms with Gasteiger partial charge < -0.3 is 13.9 Å². The Hall–Kier alpha value is -3.85. The lowest BCUT2D eigenvalue weighted by Gasteiger charge is -2.12. The van der Waals surface area contributed by atoms with E-state index in [-0.39, 0.29) is 42.1 Å². The molecule has 11 nitrogen and oxygen atoms in total. The van der Waals surface area contributed by atoms with E-state index in [0.717, 1.165) is 15.8 Å². The van der Waals surface area contributed by atoms with Gasteiger partial charge in [0.1, 0.15) is 16.5 Å². The van der Waals surface area contributed by atoms with Gasteiger partial charge in [0, 0.05) is 0 Å². The summed E-state index contributed by atoms with van der Waals surface area (Å²) in [6, 6.07) is 22.6. The van der Waals surface area contributed by atoms with Crippen molar-refractivity contribution in [2.75, 3.05) is 19.5 Å². The molecule has 1 unspecified atom stereocenters. The van der Waals surface area contributed by atoms with Crippen LogP contribution in [0.4, 0.5) is 0 Å². The van der Waals surface area contributed by atoms with Crippen LogP contribution in [-0.4, -0.2) is 51.5 Å². The first-order valence-corrected chi connectivity index (χ1v) is 16.2. The van der Waals surface area contributed by atoms with Crippen LogP contribution in [0.1, 0.15) is 28.5 Å². The lowest BCUT2D eigenvalue weighted by atomic mass is 10.1. The Bertz CT molecular complexity index is 1790. The van der Waals surface area contributed by atoms with Crippen LogP contribution in [0.5, 0.6) is 11.5 Å². The van der Waals surface area contributed by atoms with Gasteiger partial charge >= 0.3 is 0 Å². The average Bonchev–Trinajstić information content (AvgIpc) is 3.61. The Labute approximate surface area is 242 Å². The van der Waals surface area contributed by atoms with Gasteiger partial charge in [-0.05, 0) is 53.9 Å². The molecular formula is C27H26N4O7S3. The van der Waals surface area contributed by atoms with E-state index in [0.29, 0.717) is 17.0 Å². The second-order valence-corrected chi connectivity index (χ2v) is 12.9. The molecule has 1 atom stereocenters. The van der Waals surface area contributed by atoms with Crippen LogP contribution >= 0.6 is 11.3 Å². The van der Waals surface area contributed by atoms with E-state index in [1.165, 1.54) is 11.3 Å². The van der Waals surface area contributed by atoms with E-state index in [2.05, 4.69) is 19.9 Å². The van der Waals surface area contributed by atoms with Crippen molar-refractivity contribution < 1.29 is 30.7 Å². The molecule has 5 rings (SSSR count). The molecule has 2 heterocycles. The molecule has 214 valence electrons. The van der Waals surface area contributed by atoms with Gasteiger partial charge in [-0.1, -0.05) is 36.4 Å². The third-order valence-corrected chi connectivity index (χ3v) is 9.71. The molecule has 0 spiro atoms. The summed E-state index contributed by atoms with van der Waals surface area (Å²) in [6.45, 7) is -0.0947. The smallest absolute Gasteiger partial charge is 0.241 e. The van der Waals surface area contributed by atoms with Gasteiger partial charge in [-0.3, -0.25) is 0 Å². The predicted molar refractivity (Wildman–Crippen MR) is 155 cm³/mol. The fourth-order valence-electron chi connectivity index (χ4n) is 4.09. The van der Waals surface area contributed by atoms with E-state index in [9.17, 15) is 16.8 Å². The van der Waals surface area contributed by atoms with E-state index in [1.807, 2.05) is 48.5 Å². The SMILES string of the molecule is COc1ccc(OCCCS(=O)(=O)C(c2nnc(CN[SH](=O)=O)o2)c2nc3ccc(-c4ccccc4)cc3s2)cc1. The van der Waals surface area contributed by atoms with Crippen LogP contribution in [0.2, 0.25) is 0 Å². The number of rotatable bonds is 13. The molecule has 14 heteroatoms. The molecule has 0 saturated heterocycles. The number of thiazole rings is 1. The highest BCUT2D eigenvalue weighted by atomic mass is 32.2. The maximum atomic E-state index is 13.7. The fraction of sp³-hybridized carbons (Fsp3) is 0.222. The molecule has 2 aromatic heterocycles. The number of benzene rings is 3. The van der Waals surface area contributed by atoms with E-state index in [4.69, 9.17) is 13.9 Å². The fourth-order valence-corrected chi connectivity index (χ4v) is 7.44. The number of methoxy groups -OCH3 is 1. The normalized spacial score (nSPS) is 12.5. The molecule has 3 aromatic carbocycles. The third-order valence-electron chi connectivity index (χ3n) is 6.06. The minimum absolute atomic E-state index is 0.0604. The third kappa shape index (κ3) is 7.08. The number of thiol groups is 1. The van der Waals surface area contributed by atoms with Gasteiger partial charge in [-0.2, -0.15) is 0 Å². The number of fused-ring (bicyclic) bond motifs is 1. The molecule has 0 aliphatic carbocycles. The zero-order chi connectivity index (χ0) is 28.8. The summed E-state index contributed by atoms with van der Waals surface area (Å²) in [4.78, 5) is 4.62. The quantitative estimate of drug-likeness (QED) is 0.147. The van der Waals surface area contributed by atoms with Crippen molar-refractivity contribution in [3.8, 4) is 22.6 Å². The minimum Gasteiger partial charge on any atom is -0.497 e. The Morgan fingerprint density at radius 2 is 1.73 bits per heavy atom. The summed E-state index contributed by atoms with van der Waals surface area (Å²) in [7, 11) is -5.23. The van der Waals surface area contributed by atoms with Crippen LogP contribution in [0, 0.1) is 0 Å². The minimum atomic E-state index is -3.91. The van der Waals surface area contributed by atoms with Crippen molar-refractivity contribution in [1.82, 2.24) is 19.9 Å². The Morgan fingerprint density at radius 3 is 2.46 bits per heavy atom. The summed E-state index contributed by atoms with van der Waals surface area (Å²) < 4.78 is 68.7. The highest BCUT2D eigenvalue weighted by Crippen LogP contribution is 2.37. The van der Waals surface area contributed by atoms with Crippen molar-refractivity contribution in [1.29, 1.82) is 0 Å². The van der Waals surface area contributed by atoms with Crippen LogP contribution in [-0.2, 0) is 27.3 Å². The van der Waals surface area contributed by atoms with Crippen LogP contribution in [0.25, 0.3) is 21.3 Å². The molecule has 0 bridgehead atoms. The number of nitrogens with zero attached hydrogens (tertiary/aromatic N) is 3. The second-order valence-electron chi connectivity index (χ2n) is 8.85. The van der Waals surface area contributed by atoms with Gasteiger partial charge in [0.2, 0.25) is 22.7 Å². The Kier molecular flexibility index (Phi) is 8.93. The molecular weight excluding hydrogens is 589 g/mol. The molecule has 0 amide bonds. The molecule has 0 aliphatic rings. The zero-order valence-electron chi connectivity index (χ0n) is 21.8. The maximum absolute atomic E-state index is 13.7. The largest absolute Gasteiger partial charge is 0.497 e. The summed E-state index contributed by atoms with van der Waals surface area (Å²) in [5.74, 6) is 0.800. The van der Waals surface area contributed by atoms with E-state index in [1.54, 1.807) is 31.4 Å². The molecule has 41 heavy (non-hydrogen) atoms. The maximum Gasteiger partial charge on any atom is 0.241 e. The standard InChI is InChI=1S/C27H26N4O7S3/c1-36-20-9-11-21(12-10-20)37-14-5-15-41(34,35)25(26-31-30-24(38-26)17-28-40(32)33)27-29-22-13-8-19(16-23(22)39-27)18-6-3-2-4-7-18/h2-4,6-13,16,25,40H,5,14-15,17H2,1H3,(H,28,32,33). The molecule has 0 aliphatic heterocycles. The number of nitrogens with one attached hydrogen (secondary N) is 1. The van der Waals surface area contributed by atoms with Gasteiger partial charge in [0.15, 0.2) is 15.1 Å². The van der Waals surface area contributed by atoms with E-state index < -0.39 is 26.0 Å². The van der Waals surface area contributed by atoms with E-state index >= 15 is 0 Å². The van der Waals surface area contributed by atoms with Crippen LogP contribution < -0.4 is 14.2 Å². The number of aromatic nitrogens is 3. The highest BCUT2D eigenvalue weighted by molar-refractivity contribution is 7.92. The number of hydrogen-bond donors (Lipinski definition) is 2. The lowest BCUT2D eigenvalue weighted by molar-refractivity contribution is 0.316. The van der Waals surface area contributed by atoms with Gasteiger partial charge in [-0.25, -0.2) is 26.5 Å². The van der Waals surface area contributed by atoms with Crippen LogP contribution in [0.3, 0.4) is 0 Å². The molecule has 0 radical (unpaired) electrons. The number of ether oxygens (including phenoxy) is 2. The first-order chi connectivity index (χ1) is 19.8. The monoisotopic (exact) mass is 614 g/mol. The average molecular weight is 615 g/mol. The summed E-state index contributed by atoms with van der Waals surface area (Å²) >= 11 is 1.23. The van der Waals surface area contributed by atoms with Crippen molar-refractivity contribution in [3.63, 3.8) is 0 Å². The number of sulfone groups is 1. The van der Waals surface area contributed by atoms with Gasteiger partial charge in [-0.15, -0.1) is 21.5 Å². The van der Waals surface area contributed by atoms with Crippen molar-refractivity contribution in [2.45, 2.75) is 18.2 Å². The van der Waals surface area contributed by atoms with Gasteiger partial charge in [0.05, 0.1) is 36.2 Å². The van der Waals surface area contributed by atoms with Crippen LogP contribution in [0.15, 0.2) is 77.2 Å². The second kappa shape index (κ2) is 12.8. The lowest BCUT2D eigenvalue weighted by Crippen LogP contribution is -2.20. The molecule has 0 fully saturated rings. The predicted octanol–water partition coefficient (Wildman–Crippen LogP) is 3.94. The molecule has 0 saturated carbocycles. The summed E-state index contributed by atoms with van der Waals surface area (Å²) in [6.07, 6.45) is 0.202. The van der Waals surface area contributed by atoms with Crippen molar-refractivity contribution >= 4 is 42.3 Å². The summed E-state index contributed by atoms with van der Waals surface area (Å²) in [5.41, 5.74) is 2.63. The van der Waals surface area contributed by atoms with Crippen molar-refractivity contribution in [2.24, 2.45) is 0 Å². The van der Waals surface area contributed by atoms with Crippen molar-refractivity contribution in [3.05, 3.63) is 89.6 Å². The molecule has 1 N–H and O–H groups in total. The Balaban J connectivity index is 1.41. The topological polar surface area (TPSA) is 151 Å². The molecule has 5 aromatic rings. The van der Waals surface area contributed by atoms with Gasteiger partial charge in [0.25, 0.3) is 0 Å².